The van der Waals surface area contributed by atoms with Gasteiger partial charge in [-0.25, -0.2) is 4.79 Å². The SMILES string of the molecule is COC(=O)[C@@]1(O)c2c3n(c4ccccc24)C(=O)CC[C@]3(C)CC(=O)N1OC. The van der Waals surface area contributed by atoms with Crippen LogP contribution in [0.25, 0.3) is 10.9 Å². The van der Waals surface area contributed by atoms with E-state index < -0.39 is 23.0 Å². The number of benzene rings is 1. The van der Waals surface area contributed by atoms with Crippen LogP contribution in [0.5, 0.6) is 0 Å². The number of aromatic nitrogens is 1. The molecular formula is C19H20N2O6. The number of rotatable bonds is 2. The lowest BCUT2D eigenvalue weighted by molar-refractivity contribution is -0.271. The molecule has 0 radical (unpaired) electrons. The van der Waals surface area contributed by atoms with Crippen molar-refractivity contribution in [2.45, 2.75) is 37.3 Å². The van der Waals surface area contributed by atoms with Crippen LogP contribution in [-0.4, -0.2) is 46.7 Å². The van der Waals surface area contributed by atoms with Crippen molar-refractivity contribution in [2.75, 3.05) is 14.2 Å². The Balaban J connectivity index is 2.22. The van der Waals surface area contributed by atoms with Gasteiger partial charge in [-0.1, -0.05) is 25.1 Å². The first kappa shape index (κ1) is 17.7. The number of fused-ring (bicyclic) bond motifs is 3. The summed E-state index contributed by atoms with van der Waals surface area (Å²) in [5, 5.41) is 12.7. The van der Waals surface area contributed by atoms with Crippen LogP contribution in [0, 0.1) is 0 Å². The fourth-order valence-electron chi connectivity index (χ4n) is 4.46. The third-order valence-corrected chi connectivity index (χ3v) is 5.65. The van der Waals surface area contributed by atoms with Gasteiger partial charge in [-0.2, -0.15) is 5.06 Å². The molecule has 2 aromatic rings. The Morgan fingerprint density at radius 3 is 2.56 bits per heavy atom. The molecule has 0 fully saturated rings. The Kier molecular flexibility index (Phi) is 3.70. The second-order valence-electron chi connectivity index (χ2n) is 7.24. The smallest absolute Gasteiger partial charge is 0.367 e. The van der Waals surface area contributed by atoms with Crippen molar-refractivity contribution in [1.82, 2.24) is 9.63 Å². The van der Waals surface area contributed by atoms with Crippen molar-refractivity contribution < 1.29 is 29.1 Å². The zero-order valence-electron chi connectivity index (χ0n) is 15.3. The minimum atomic E-state index is -2.50. The zero-order chi connectivity index (χ0) is 19.6. The van der Waals surface area contributed by atoms with E-state index in [1.807, 2.05) is 6.92 Å². The highest BCUT2D eigenvalue weighted by molar-refractivity contribution is 6.02. The molecule has 2 aliphatic heterocycles. The number of para-hydroxylation sites is 1. The highest BCUT2D eigenvalue weighted by Crippen LogP contribution is 2.50. The van der Waals surface area contributed by atoms with Gasteiger partial charge in [-0.15, -0.1) is 0 Å². The van der Waals surface area contributed by atoms with E-state index >= 15 is 0 Å². The van der Waals surface area contributed by atoms with E-state index in [-0.39, 0.29) is 24.3 Å². The highest BCUT2D eigenvalue weighted by Gasteiger charge is 2.59. The quantitative estimate of drug-likeness (QED) is 0.801. The third kappa shape index (κ3) is 2.08. The monoisotopic (exact) mass is 372 g/mol. The van der Waals surface area contributed by atoms with Gasteiger partial charge < -0.3 is 9.84 Å². The van der Waals surface area contributed by atoms with Crippen LogP contribution in [0.3, 0.4) is 0 Å². The van der Waals surface area contributed by atoms with Crippen LogP contribution >= 0.6 is 0 Å². The standard InChI is InChI=1S/C19H20N2O6/c1-18-9-8-13(22)20-12-7-5-4-6-11(12)15(16(18)20)19(25,17(24)26-2)21(27-3)14(23)10-18/h4-7,25H,8-10H2,1-3H3/t18-,19+/m1/s1. The lowest BCUT2D eigenvalue weighted by Crippen LogP contribution is -2.54. The topological polar surface area (TPSA) is 98.1 Å². The second-order valence-corrected chi connectivity index (χ2v) is 7.24. The minimum absolute atomic E-state index is 0.0171. The van der Waals surface area contributed by atoms with Gasteiger partial charge in [0.05, 0.1) is 19.7 Å². The molecule has 1 N–H and O–H groups in total. The molecule has 0 bridgehead atoms. The van der Waals surface area contributed by atoms with Crippen molar-refractivity contribution in [2.24, 2.45) is 0 Å². The number of hydrogen-bond acceptors (Lipinski definition) is 6. The van der Waals surface area contributed by atoms with E-state index in [0.717, 1.165) is 7.11 Å². The Morgan fingerprint density at radius 1 is 1.19 bits per heavy atom. The lowest BCUT2D eigenvalue weighted by Gasteiger charge is -2.34. The Bertz CT molecular complexity index is 995. The van der Waals surface area contributed by atoms with Gasteiger partial charge in [0.1, 0.15) is 0 Å². The predicted octanol–water partition coefficient (Wildman–Crippen LogP) is 1.44. The molecule has 3 heterocycles. The van der Waals surface area contributed by atoms with E-state index in [4.69, 9.17) is 9.57 Å². The summed E-state index contributed by atoms with van der Waals surface area (Å²) in [5.74, 6) is -1.76. The maximum Gasteiger partial charge on any atom is 0.367 e. The summed E-state index contributed by atoms with van der Waals surface area (Å²) in [6, 6.07) is 6.99. The fourth-order valence-corrected chi connectivity index (χ4v) is 4.46. The Labute approximate surface area is 155 Å². The number of carbonyl (C=O) groups excluding carboxylic acids is 3. The van der Waals surface area contributed by atoms with Crippen molar-refractivity contribution in [3.05, 3.63) is 35.5 Å². The zero-order valence-corrected chi connectivity index (χ0v) is 15.3. The molecular weight excluding hydrogens is 352 g/mol. The Hall–Kier alpha value is -2.71. The summed E-state index contributed by atoms with van der Waals surface area (Å²) in [7, 11) is 2.33. The number of aliphatic hydroxyl groups is 1. The van der Waals surface area contributed by atoms with Gasteiger partial charge in [-0.3, -0.25) is 19.0 Å². The first-order valence-electron chi connectivity index (χ1n) is 8.65. The van der Waals surface area contributed by atoms with E-state index in [2.05, 4.69) is 0 Å². The molecule has 0 unspecified atom stereocenters. The molecule has 1 aromatic heterocycles. The Morgan fingerprint density at radius 2 is 1.89 bits per heavy atom. The maximum atomic E-state index is 12.9. The fraction of sp³-hybridized carbons (Fsp3) is 0.421. The number of nitrogens with zero attached hydrogens (tertiary/aromatic N) is 2. The number of ether oxygens (including phenoxy) is 1. The number of esters is 1. The predicted molar refractivity (Wildman–Crippen MR) is 93.5 cm³/mol. The first-order valence-corrected chi connectivity index (χ1v) is 8.65. The number of methoxy groups -OCH3 is 1. The molecule has 0 saturated carbocycles. The molecule has 8 nitrogen and oxygen atoms in total. The van der Waals surface area contributed by atoms with Crippen LogP contribution < -0.4 is 0 Å². The molecule has 4 rings (SSSR count). The van der Waals surface area contributed by atoms with Crippen LogP contribution in [0.1, 0.15) is 42.2 Å². The summed E-state index contributed by atoms with van der Waals surface area (Å²) in [6.45, 7) is 1.86. The molecule has 1 amide bonds. The van der Waals surface area contributed by atoms with Gasteiger partial charge >= 0.3 is 5.97 Å². The van der Waals surface area contributed by atoms with Gasteiger partial charge in [0.15, 0.2) is 0 Å². The number of hydroxylamine groups is 2. The van der Waals surface area contributed by atoms with Gasteiger partial charge in [0.2, 0.25) is 5.91 Å². The van der Waals surface area contributed by atoms with Crippen molar-refractivity contribution in [1.29, 1.82) is 0 Å². The second kappa shape index (κ2) is 5.64. The van der Waals surface area contributed by atoms with E-state index in [0.29, 0.717) is 28.1 Å². The highest BCUT2D eigenvalue weighted by atomic mass is 16.7. The number of hydrogen-bond donors (Lipinski definition) is 1. The normalized spacial score (nSPS) is 27.5. The summed E-state index contributed by atoms with van der Waals surface area (Å²) in [5.41, 5.74) is -2.05. The molecule has 0 aliphatic carbocycles. The van der Waals surface area contributed by atoms with E-state index in [1.54, 1.807) is 24.3 Å². The van der Waals surface area contributed by atoms with Crippen LogP contribution in [0.2, 0.25) is 0 Å². The average molecular weight is 372 g/mol. The summed E-state index contributed by atoms with van der Waals surface area (Å²) in [6.07, 6.45) is 0.672. The number of amides is 1. The summed E-state index contributed by atoms with van der Waals surface area (Å²) in [4.78, 5) is 43.6. The summed E-state index contributed by atoms with van der Waals surface area (Å²) >= 11 is 0. The van der Waals surface area contributed by atoms with Crippen LogP contribution in [0.4, 0.5) is 0 Å². The van der Waals surface area contributed by atoms with Crippen LogP contribution in [-0.2, 0) is 30.3 Å². The molecule has 2 atom stereocenters. The van der Waals surface area contributed by atoms with Gasteiger partial charge in [0.25, 0.3) is 11.6 Å². The largest absolute Gasteiger partial charge is 0.465 e. The molecule has 142 valence electrons. The average Bonchev–Trinajstić information content (AvgIpc) is 2.98. The molecule has 2 aliphatic rings. The lowest BCUT2D eigenvalue weighted by atomic mass is 9.75. The van der Waals surface area contributed by atoms with Gasteiger partial charge in [0, 0.05) is 34.9 Å². The number of carbonyl (C=O) groups is 3. The van der Waals surface area contributed by atoms with Crippen molar-refractivity contribution >= 4 is 28.7 Å². The minimum Gasteiger partial charge on any atom is -0.465 e. The van der Waals surface area contributed by atoms with Crippen molar-refractivity contribution in [3.63, 3.8) is 0 Å². The van der Waals surface area contributed by atoms with E-state index in [9.17, 15) is 19.5 Å². The molecule has 27 heavy (non-hydrogen) atoms. The maximum absolute atomic E-state index is 12.9. The molecule has 0 spiro atoms. The molecule has 1 aromatic carbocycles. The van der Waals surface area contributed by atoms with Crippen molar-refractivity contribution in [3.8, 4) is 0 Å². The molecule has 0 saturated heterocycles. The molecule has 8 heteroatoms. The van der Waals surface area contributed by atoms with Gasteiger partial charge in [-0.05, 0) is 12.5 Å². The van der Waals surface area contributed by atoms with Crippen LogP contribution in [0.15, 0.2) is 24.3 Å². The third-order valence-electron chi connectivity index (χ3n) is 5.65. The summed E-state index contributed by atoms with van der Waals surface area (Å²) < 4.78 is 6.36. The first-order chi connectivity index (χ1) is 12.8. The van der Waals surface area contributed by atoms with E-state index in [1.165, 1.54) is 11.7 Å².